The number of benzene rings is 2. The lowest BCUT2D eigenvalue weighted by Gasteiger charge is -2.11. The Bertz CT molecular complexity index is 480. The van der Waals surface area contributed by atoms with Crippen molar-refractivity contribution in [1.29, 1.82) is 0 Å². The average Bonchev–Trinajstić information content (AvgIpc) is 2.42. The van der Waals surface area contributed by atoms with Gasteiger partial charge in [-0.2, -0.15) is 0 Å². The third kappa shape index (κ3) is 4.64. The number of nitrogens with one attached hydrogen (secondary N) is 2. The maximum Gasteiger partial charge on any atom is 0.127 e. The summed E-state index contributed by atoms with van der Waals surface area (Å²) in [4.78, 5) is 0. The normalized spacial score (nSPS) is 10.5. The molecule has 0 aliphatic rings. The van der Waals surface area contributed by atoms with Gasteiger partial charge in [-0.15, -0.1) is 0 Å². The van der Waals surface area contributed by atoms with Gasteiger partial charge in [-0.3, -0.25) is 0 Å². The molecule has 100 valence electrons. The van der Waals surface area contributed by atoms with Crippen LogP contribution in [0.25, 0.3) is 0 Å². The first-order chi connectivity index (χ1) is 9.24. The fraction of sp³-hybridized carbons (Fsp3) is 0.250. The van der Waals surface area contributed by atoms with Crippen LogP contribution in [0.5, 0.6) is 11.5 Å². The van der Waals surface area contributed by atoms with Gasteiger partial charge >= 0.3 is 0 Å². The zero-order valence-corrected chi connectivity index (χ0v) is 11.4. The van der Waals surface area contributed by atoms with Crippen LogP contribution in [0.2, 0.25) is 0 Å². The van der Waals surface area contributed by atoms with Crippen molar-refractivity contribution >= 4 is 5.69 Å². The quantitative estimate of drug-likeness (QED) is 0.765. The second-order valence-electron chi connectivity index (χ2n) is 4.84. The number of anilines is 1. The number of hydrazine groups is 1. The molecule has 0 fully saturated rings. The lowest BCUT2D eigenvalue weighted by molar-refractivity contribution is 0.482. The Labute approximate surface area is 114 Å². The first-order valence-electron chi connectivity index (χ1n) is 6.56. The van der Waals surface area contributed by atoms with Gasteiger partial charge in [0, 0.05) is 12.2 Å². The molecule has 2 rings (SSSR count). The minimum absolute atomic E-state index is 0.619. The van der Waals surface area contributed by atoms with Crippen molar-refractivity contribution in [3.63, 3.8) is 0 Å². The van der Waals surface area contributed by atoms with Gasteiger partial charge < -0.3 is 10.2 Å². The first-order valence-corrected chi connectivity index (χ1v) is 6.56. The van der Waals surface area contributed by atoms with Crippen LogP contribution in [0.15, 0.2) is 54.6 Å². The van der Waals surface area contributed by atoms with Crippen LogP contribution in [0.3, 0.4) is 0 Å². The molecule has 0 atom stereocenters. The summed E-state index contributed by atoms with van der Waals surface area (Å²) in [6.07, 6.45) is 0. The molecule has 3 nitrogen and oxygen atoms in total. The van der Waals surface area contributed by atoms with E-state index in [9.17, 15) is 0 Å². The summed E-state index contributed by atoms with van der Waals surface area (Å²) in [6, 6.07) is 17.7. The van der Waals surface area contributed by atoms with E-state index in [1.165, 1.54) is 0 Å². The minimum atomic E-state index is 0.619. The van der Waals surface area contributed by atoms with Crippen molar-refractivity contribution in [2.75, 3.05) is 12.0 Å². The third-order valence-electron chi connectivity index (χ3n) is 2.58. The van der Waals surface area contributed by atoms with E-state index in [2.05, 4.69) is 24.7 Å². The van der Waals surface area contributed by atoms with Crippen molar-refractivity contribution in [2.45, 2.75) is 13.8 Å². The monoisotopic (exact) mass is 256 g/mol. The number of ether oxygens (including phenoxy) is 1. The van der Waals surface area contributed by atoms with Crippen molar-refractivity contribution in [3.05, 3.63) is 54.6 Å². The highest BCUT2D eigenvalue weighted by molar-refractivity contribution is 5.46. The molecular formula is C16H20N2O. The molecule has 0 aliphatic carbocycles. The van der Waals surface area contributed by atoms with E-state index in [1.807, 2.05) is 54.6 Å². The Morgan fingerprint density at radius 2 is 1.53 bits per heavy atom. The molecule has 0 heterocycles. The SMILES string of the molecule is CC(C)CNNc1ccc(Oc2ccccc2)cc1. The molecule has 19 heavy (non-hydrogen) atoms. The van der Waals surface area contributed by atoms with Gasteiger partial charge in [0.1, 0.15) is 11.5 Å². The molecule has 0 bridgehead atoms. The molecule has 0 aliphatic heterocycles. The fourth-order valence-electron chi connectivity index (χ4n) is 1.59. The summed E-state index contributed by atoms with van der Waals surface area (Å²) in [5.41, 5.74) is 7.37. The molecule has 3 heteroatoms. The average molecular weight is 256 g/mol. The number of hydrogen-bond acceptors (Lipinski definition) is 3. The van der Waals surface area contributed by atoms with E-state index < -0.39 is 0 Å². The summed E-state index contributed by atoms with van der Waals surface area (Å²) < 4.78 is 5.73. The third-order valence-corrected chi connectivity index (χ3v) is 2.58. The van der Waals surface area contributed by atoms with E-state index in [1.54, 1.807) is 0 Å². The van der Waals surface area contributed by atoms with Gasteiger partial charge in [0.05, 0.1) is 0 Å². The van der Waals surface area contributed by atoms with E-state index in [0.717, 1.165) is 23.7 Å². The molecule has 0 saturated heterocycles. The van der Waals surface area contributed by atoms with Crippen molar-refractivity contribution in [3.8, 4) is 11.5 Å². The second kappa shape index (κ2) is 6.81. The standard InChI is InChI=1S/C16H20N2O/c1-13(2)12-17-18-14-8-10-16(11-9-14)19-15-6-4-3-5-7-15/h3-11,13,17-18H,12H2,1-2H3. The number of rotatable bonds is 6. The Kier molecular flexibility index (Phi) is 4.81. The summed E-state index contributed by atoms with van der Waals surface area (Å²) in [5.74, 6) is 2.30. The molecule has 0 saturated carbocycles. The van der Waals surface area contributed by atoms with Crippen LogP contribution in [0.1, 0.15) is 13.8 Å². The highest BCUT2D eigenvalue weighted by atomic mass is 16.5. The van der Waals surface area contributed by atoms with Gasteiger partial charge in [-0.25, -0.2) is 5.43 Å². The Morgan fingerprint density at radius 1 is 0.895 bits per heavy atom. The number of hydrogen-bond donors (Lipinski definition) is 2. The van der Waals surface area contributed by atoms with Crippen LogP contribution < -0.4 is 15.6 Å². The van der Waals surface area contributed by atoms with Crippen LogP contribution in [0.4, 0.5) is 5.69 Å². The lowest BCUT2D eigenvalue weighted by Crippen LogP contribution is -2.25. The molecule has 0 unspecified atom stereocenters. The van der Waals surface area contributed by atoms with Gasteiger partial charge in [0.15, 0.2) is 0 Å². The van der Waals surface area contributed by atoms with Crippen LogP contribution in [-0.2, 0) is 0 Å². The lowest BCUT2D eigenvalue weighted by atomic mass is 10.2. The van der Waals surface area contributed by atoms with Crippen LogP contribution >= 0.6 is 0 Å². The second-order valence-corrected chi connectivity index (χ2v) is 4.84. The van der Waals surface area contributed by atoms with Crippen molar-refractivity contribution in [1.82, 2.24) is 5.43 Å². The minimum Gasteiger partial charge on any atom is -0.457 e. The highest BCUT2D eigenvalue weighted by Gasteiger charge is 1.97. The van der Waals surface area contributed by atoms with E-state index in [0.29, 0.717) is 5.92 Å². The highest BCUT2D eigenvalue weighted by Crippen LogP contribution is 2.22. The summed E-state index contributed by atoms with van der Waals surface area (Å²) >= 11 is 0. The molecule has 2 aromatic carbocycles. The summed E-state index contributed by atoms with van der Waals surface area (Å²) in [6.45, 7) is 5.28. The maximum absolute atomic E-state index is 5.73. The molecule has 0 radical (unpaired) electrons. The molecule has 0 aromatic heterocycles. The summed E-state index contributed by atoms with van der Waals surface area (Å²) in [5, 5.41) is 0. The molecule has 2 N–H and O–H groups in total. The predicted molar refractivity (Wildman–Crippen MR) is 79.4 cm³/mol. The van der Waals surface area contributed by atoms with E-state index in [-0.39, 0.29) is 0 Å². The summed E-state index contributed by atoms with van der Waals surface area (Å²) in [7, 11) is 0. The Balaban J connectivity index is 1.88. The van der Waals surface area contributed by atoms with Crippen LogP contribution in [-0.4, -0.2) is 6.54 Å². The smallest absolute Gasteiger partial charge is 0.127 e. The number of para-hydroxylation sites is 1. The largest absolute Gasteiger partial charge is 0.457 e. The van der Waals surface area contributed by atoms with Crippen molar-refractivity contribution < 1.29 is 4.74 Å². The molecule has 0 spiro atoms. The maximum atomic E-state index is 5.73. The molecule has 2 aromatic rings. The Morgan fingerprint density at radius 3 is 2.16 bits per heavy atom. The zero-order chi connectivity index (χ0) is 13.5. The molecule has 0 amide bonds. The Hall–Kier alpha value is -2.00. The van der Waals surface area contributed by atoms with Crippen LogP contribution in [0, 0.1) is 5.92 Å². The first kappa shape index (κ1) is 13.4. The van der Waals surface area contributed by atoms with Gasteiger partial charge in [-0.05, 0) is 42.3 Å². The van der Waals surface area contributed by atoms with Gasteiger partial charge in [0.25, 0.3) is 0 Å². The molecular weight excluding hydrogens is 236 g/mol. The van der Waals surface area contributed by atoms with Crippen molar-refractivity contribution in [2.24, 2.45) is 5.92 Å². The van der Waals surface area contributed by atoms with Gasteiger partial charge in [-0.1, -0.05) is 32.0 Å². The zero-order valence-electron chi connectivity index (χ0n) is 11.4. The fourth-order valence-corrected chi connectivity index (χ4v) is 1.59. The van der Waals surface area contributed by atoms with E-state index >= 15 is 0 Å². The predicted octanol–water partition coefficient (Wildman–Crippen LogP) is 4.05. The topological polar surface area (TPSA) is 33.3 Å². The van der Waals surface area contributed by atoms with Gasteiger partial charge in [0.2, 0.25) is 0 Å². The van der Waals surface area contributed by atoms with E-state index in [4.69, 9.17) is 4.74 Å².